The van der Waals surface area contributed by atoms with Crippen molar-refractivity contribution in [2.45, 2.75) is 19.9 Å². The predicted molar refractivity (Wildman–Crippen MR) is 78.6 cm³/mol. The summed E-state index contributed by atoms with van der Waals surface area (Å²) in [7, 11) is 1.80. The van der Waals surface area contributed by atoms with Crippen molar-refractivity contribution in [3.8, 4) is 0 Å². The topological polar surface area (TPSA) is 120 Å². The number of hydrogen-bond donors (Lipinski definition) is 4. The van der Waals surface area contributed by atoms with E-state index in [1.165, 1.54) is 6.07 Å². The van der Waals surface area contributed by atoms with E-state index in [0.717, 1.165) is 0 Å². The van der Waals surface area contributed by atoms with Crippen molar-refractivity contribution >= 4 is 16.9 Å². The van der Waals surface area contributed by atoms with Gasteiger partial charge >= 0.3 is 5.69 Å². The number of pyridine rings is 1. The number of carbonyl (C=O) groups is 1. The Hall–Kier alpha value is -2.48. The summed E-state index contributed by atoms with van der Waals surface area (Å²) < 4.78 is 0. The average Bonchev–Trinajstić information content (AvgIpc) is 2.42. The maximum absolute atomic E-state index is 12.1. The summed E-state index contributed by atoms with van der Waals surface area (Å²) >= 11 is 0. The van der Waals surface area contributed by atoms with E-state index in [9.17, 15) is 14.4 Å². The number of hydrogen-bond acceptors (Lipinski definition) is 5. The number of H-pyrrole nitrogens is 2. The first-order chi connectivity index (χ1) is 9.92. The van der Waals surface area contributed by atoms with Gasteiger partial charge in [0.25, 0.3) is 11.5 Å². The van der Waals surface area contributed by atoms with Gasteiger partial charge in [0.2, 0.25) is 0 Å². The third-order valence-corrected chi connectivity index (χ3v) is 3.20. The van der Waals surface area contributed by atoms with Gasteiger partial charge in [-0.05, 0) is 32.5 Å². The van der Waals surface area contributed by atoms with Gasteiger partial charge in [-0.1, -0.05) is 0 Å². The fraction of sp³-hybridized carbons (Fsp3) is 0.385. The first-order valence-electron chi connectivity index (χ1n) is 6.51. The highest BCUT2D eigenvalue weighted by Gasteiger charge is 2.13. The number of rotatable bonds is 4. The number of aromatic nitrogens is 3. The van der Waals surface area contributed by atoms with Crippen LogP contribution in [-0.4, -0.2) is 40.5 Å². The van der Waals surface area contributed by atoms with E-state index < -0.39 is 11.2 Å². The molecule has 0 bridgehead atoms. The molecule has 2 rings (SSSR count). The van der Waals surface area contributed by atoms with Crippen LogP contribution in [0.1, 0.15) is 23.0 Å². The van der Waals surface area contributed by atoms with Gasteiger partial charge in [-0.15, -0.1) is 0 Å². The highest BCUT2D eigenvalue weighted by molar-refractivity contribution is 5.95. The number of carbonyl (C=O) groups excluding carboxylic acids is 1. The quantitative estimate of drug-likeness (QED) is 0.591. The van der Waals surface area contributed by atoms with Crippen molar-refractivity contribution in [1.82, 2.24) is 25.6 Å². The second-order valence-electron chi connectivity index (χ2n) is 4.86. The van der Waals surface area contributed by atoms with Crippen LogP contribution >= 0.6 is 0 Å². The summed E-state index contributed by atoms with van der Waals surface area (Å²) in [6, 6.07) is 1.65. The Morgan fingerprint density at radius 1 is 1.38 bits per heavy atom. The zero-order chi connectivity index (χ0) is 15.6. The first-order valence-corrected chi connectivity index (χ1v) is 6.51. The second kappa shape index (κ2) is 5.88. The van der Waals surface area contributed by atoms with E-state index in [4.69, 9.17) is 0 Å². The Morgan fingerprint density at radius 2 is 2.10 bits per heavy atom. The number of aromatic amines is 2. The van der Waals surface area contributed by atoms with E-state index in [2.05, 4.69) is 25.6 Å². The van der Waals surface area contributed by atoms with Gasteiger partial charge in [-0.25, -0.2) is 9.78 Å². The Balaban J connectivity index is 2.40. The van der Waals surface area contributed by atoms with Crippen molar-refractivity contribution in [3.63, 3.8) is 0 Å². The van der Waals surface area contributed by atoms with Crippen LogP contribution in [0.3, 0.4) is 0 Å². The van der Waals surface area contributed by atoms with Crippen molar-refractivity contribution in [2.24, 2.45) is 0 Å². The molecule has 0 radical (unpaired) electrons. The minimum atomic E-state index is -0.652. The predicted octanol–water partition coefficient (Wildman–Crippen LogP) is -0.742. The van der Waals surface area contributed by atoms with Gasteiger partial charge in [0.1, 0.15) is 11.3 Å². The van der Waals surface area contributed by atoms with Crippen LogP contribution in [0.2, 0.25) is 0 Å². The fourth-order valence-corrected chi connectivity index (χ4v) is 1.91. The summed E-state index contributed by atoms with van der Waals surface area (Å²) in [5, 5.41) is 6.00. The van der Waals surface area contributed by atoms with Crippen LogP contribution in [0, 0.1) is 6.92 Å². The van der Waals surface area contributed by atoms with E-state index in [0.29, 0.717) is 12.1 Å². The number of fused-ring (bicyclic) bond motifs is 1. The van der Waals surface area contributed by atoms with Crippen LogP contribution in [0.15, 0.2) is 15.7 Å². The Kier molecular flexibility index (Phi) is 4.18. The standard InChI is InChI=1S/C13H17N5O3/c1-6-4-8(11(19)15-5-7(2)14-3)16-10-9(6)12(20)18-13(21)17-10/h4,7,14H,5H2,1-3H3,(H,15,19)(H2,16,17,18,20,21). The Labute approximate surface area is 120 Å². The lowest BCUT2D eigenvalue weighted by Crippen LogP contribution is -2.37. The van der Waals surface area contributed by atoms with Gasteiger partial charge in [0.05, 0.1) is 5.39 Å². The summed E-state index contributed by atoms with van der Waals surface area (Å²) in [4.78, 5) is 43.7. The molecule has 0 saturated heterocycles. The lowest BCUT2D eigenvalue weighted by atomic mass is 10.1. The van der Waals surface area contributed by atoms with Crippen LogP contribution in [0.25, 0.3) is 11.0 Å². The zero-order valence-corrected chi connectivity index (χ0v) is 12.0. The van der Waals surface area contributed by atoms with Crippen molar-refractivity contribution in [1.29, 1.82) is 0 Å². The number of nitrogens with one attached hydrogen (secondary N) is 4. The molecule has 112 valence electrons. The maximum Gasteiger partial charge on any atom is 0.327 e. The molecule has 0 aliphatic carbocycles. The molecule has 2 heterocycles. The maximum atomic E-state index is 12.1. The number of nitrogens with zero attached hydrogens (tertiary/aromatic N) is 1. The molecule has 1 unspecified atom stereocenters. The molecule has 2 aromatic rings. The van der Waals surface area contributed by atoms with Crippen LogP contribution in [0.5, 0.6) is 0 Å². The number of amides is 1. The minimum absolute atomic E-state index is 0.107. The highest BCUT2D eigenvalue weighted by Crippen LogP contribution is 2.10. The van der Waals surface area contributed by atoms with E-state index in [1.807, 2.05) is 6.92 Å². The molecule has 0 saturated carbocycles. The Bertz CT molecular complexity index is 792. The molecule has 1 atom stereocenters. The summed E-state index contributed by atoms with van der Waals surface area (Å²) in [5.74, 6) is -0.358. The van der Waals surface area contributed by atoms with E-state index >= 15 is 0 Å². The monoisotopic (exact) mass is 291 g/mol. The molecule has 8 heteroatoms. The molecule has 1 amide bonds. The van der Waals surface area contributed by atoms with Crippen molar-refractivity contribution < 1.29 is 4.79 Å². The van der Waals surface area contributed by atoms with Gasteiger partial charge in [-0.3, -0.25) is 19.6 Å². The summed E-state index contributed by atoms with van der Waals surface area (Å²) in [6.07, 6.45) is 0. The molecule has 0 aliphatic rings. The molecule has 8 nitrogen and oxygen atoms in total. The van der Waals surface area contributed by atoms with Gasteiger partial charge in [0.15, 0.2) is 0 Å². The van der Waals surface area contributed by atoms with Gasteiger partial charge in [0, 0.05) is 12.6 Å². The lowest BCUT2D eigenvalue weighted by Gasteiger charge is -2.11. The van der Waals surface area contributed by atoms with Crippen molar-refractivity contribution in [3.05, 3.63) is 38.2 Å². The van der Waals surface area contributed by atoms with Crippen LogP contribution in [-0.2, 0) is 0 Å². The largest absolute Gasteiger partial charge is 0.349 e. The first kappa shape index (κ1) is 14.9. The van der Waals surface area contributed by atoms with E-state index in [-0.39, 0.29) is 28.7 Å². The van der Waals surface area contributed by atoms with Crippen LogP contribution in [0.4, 0.5) is 0 Å². The smallest absolute Gasteiger partial charge is 0.327 e. The lowest BCUT2D eigenvalue weighted by molar-refractivity contribution is 0.0946. The minimum Gasteiger partial charge on any atom is -0.349 e. The third kappa shape index (κ3) is 3.16. The molecule has 4 N–H and O–H groups in total. The molecular formula is C13H17N5O3. The third-order valence-electron chi connectivity index (χ3n) is 3.20. The van der Waals surface area contributed by atoms with E-state index in [1.54, 1.807) is 14.0 Å². The highest BCUT2D eigenvalue weighted by atomic mass is 16.2. The number of likely N-dealkylation sites (N-methyl/N-ethyl adjacent to an activating group) is 1. The van der Waals surface area contributed by atoms with Crippen molar-refractivity contribution in [2.75, 3.05) is 13.6 Å². The van der Waals surface area contributed by atoms with Gasteiger partial charge in [-0.2, -0.15) is 0 Å². The van der Waals surface area contributed by atoms with Crippen LogP contribution < -0.4 is 21.9 Å². The SMILES string of the molecule is CNC(C)CNC(=O)c1cc(C)c2c(=O)[nH]c(=O)[nH]c2n1. The average molecular weight is 291 g/mol. The molecule has 0 aliphatic heterocycles. The molecule has 0 spiro atoms. The van der Waals surface area contributed by atoms with Gasteiger partial charge < -0.3 is 10.6 Å². The zero-order valence-electron chi connectivity index (χ0n) is 12.0. The second-order valence-corrected chi connectivity index (χ2v) is 4.86. The summed E-state index contributed by atoms with van der Waals surface area (Å²) in [5.41, 5.74) is -0.334. The molecular weight excluding hydrogens is 274 g/mol. The molecule has 2 aromatic heterocycles. The Morgan fingerprint density at radius 3 is 2.76 bits per heavy atom. The normalized spacial score (nSPS) is 12.3. The molecule has 0 fully saturated rings. The summed E-state index contributed by atoms with van der Waals surface area (Å²) in [6.45, 7) is 4.06. The molecule has 0 aromatic carbocycles. The molecule has 21 heavy (non-hydrogen) atoms. The fourth-order valence-electron chi connectivity index (χ4n) is 1.91. The number of aryl methyl sites for hydroxylation is 1.